The van der Waals surface area contributed by atoms with Gasteiger partial charge in [-0.15, -0.1) is 0 Å². The number of hydrogen-bond donors (Lipinski definition) is 2. The van der Waals surface area contributed by atoms with Crippen LogP contribution in [0.25, 0.3) is 22.3 Å². The van der Waals surface area contributed by atoms with Crippen molar-refractivity contribution in [2.45, 2.75) is 70.4 Å². The van der Waals surface area contributed by atoms with Crippen molar-refractivity contribution in [3.63, 3.8) is 0 Å². The predicted molar refractivity (Wildman–Crippen MR) is 134 cm³/mol. The van der Waals surface area contributed by atoms with E-state index in [1.807, 2.05) is 48.5 Å². The molecule has 0 aromatic heterocycles. The molecule has 0 unspecified atom stereocenters. The highest BCUT2D eigenvalue weighted by Crippen LogP contribution is 2.36. The molecule has 0 aliphatic heterocycles. The van der Waals surface area contributed by atoms with Crippen LogP contribution in [0.15, 0.2) is 54.6 Å². The van der Waals surface area contributed by atoms with Gasteiger partial charge in [0.25, 0.3) is 0 Å². The maximum Gasteiger partial charge on any atom is 0.134 e. The van der Waals surface area contributed by atoms with E-state index in [1.165, 1.54) is 57.4 Å². The molecule has 0 atom stereocenters. The normalized spacial score (nSPS) is 16.9. The molecule has 2 aliphatic carbocycles. The fourth-order valence-corrected chi connectivity index (χ4v) is 5.41. The molecule has 2 nitrogen and oxygen atoms in total. The van der Waals surface area contributed by atoms with E-state index in [2.05, 4.69) is 10.6 Å². The zero-order valence-electron chi connectivity index (χ0n) is 19.3. The number of anilines is 2. The van der Waals surface area contributed by atoms with Gasteiger partial charge in [0.15, 0.2) is 0 Å². The SMILES string of the molecule is Cc1c(F)c(-c2ccc(NC3CCCC3)cc2)cc(F)c1-c1ccc(NC2CCCC2)cc1. The van der Waals surface area contributed by atoms with E-state index in [0.29, 0.717) is 39.9 Å². The molecule has 5 rings (SSSR count). The van der Waals surface area contributed by atoms with Crippen LogP contribution in [-0.2, 0) is 0 Å². The molecule has 2 saturated carbocycles. The Labute approximate surface area is 195 Å². The van der Waals surface area contributed by atoms with Crippen molar-refractivity contribution in [1.29, 1.82) is 0 Å². The highest BCUT2D eigenvalue weighted by Gasteiger charge is 2.19. The summed E-state index contributed by atoms with van der Waals surface area (Å²) in [6.07, 6.45) is 9.85. The summed E-state index contributed by atoms with van der Waals surface area (Å²) < 4.78 is 30.6. The minimum atomic E-state index is -0.395. The van der Waals surface area contributed by atoms with Crippen LogP contribution in [-0.4, -0.2) is 12.1 Å². The molecule has 2 N–H and O–H groups in total. The third-order valence-corrected chi connectivity index (χ3v) is 7.27. The molecule has 2 aliphatic rings. The molecule has 0 heterocycles. The molecule has 2 fully saturated rings. The van der Waals surface area contributed by atoms with E-state index in [9.17, 15) is 0 Å². The van der Waals surface area contributed by atoms with Gasteiger partial charge >= 0.3 is 0 Å². The van der Waals surface area contributed by atoms with Crippen molar-refractivity contribution >= 4 is 11.4 Å². The van der Waals surface area contributed by atoms with Crippen LogP contribution < -0.4 is 10.6 Å². The number of nitrogens with one attached hydrogen (secondary N) is 2. The quantitative estimate of drug-likeness (QED) is 0.398. The first-order valence-electron chi connectivity index (χ1n) is 12.3. The summed E-state index contributed by atoms with van der Waals surface area (Å²) in [5.41, 5.74) is 4.44. The second kappa shape index (κ2) is 9.54. The first kappa shape index (κ1) is 21.9. The van der Waals surface area contributed by atoms with Crippen LogP contribution in [0.3, 0.4) is 0 Å². The van der Waals surface area contributed by atoms with Crippen molar-refractivity contribution in [2.75, 3.05) is 10.6 Å². The van der Waals surface area contributed by atoms with E-state index < -0.39 is 5.82 Å². The lowest BCUT2D eigenvalue weighted by molar-refractivity contribution is 0.599. The third-order valence-electron chi connectivity index (χ3n) is 7.27. The molecule has 3 aromatic carbocycles. The number of halogens is 2. The molecule has 0 amide bonds. The van der Waals surface area contributed by atoms with Gasteiger partial charge in [-0.1, -0.05) is 49.9 Å². The van der Waals surface area contributed by atoms with Crippen molar-refractivity contribution < 1.29 is 8.78 Å². The van der Waals surface area contributed by atoms with E-state index in [-0.39, 0.29) is 5.82 Å². The molecule has 33 heavy (non-hydrogen) atoms. The summed E-state index contributed by atoms with van der Waals surface area (Å²) in [7, 11) is 0. The third kappa shape index (κ3) is 4.75. The average molecular weight is 447 g/mol. The van der Waals surface area contributed by atoms with Crippen LogP contribution in [0.1, 0.15) is 56.9 Å². The molecule has 0 saturated heterocycles. The molecule has 3 aromatic rings. The molecule has 172 valence electrons. The van der Waals surface area contributed by atoms with Gasteiger partial charge in [0.1, 0.15) is 11.6 Å². The molecular weight excluding hydrogens is 414 g/mol. The fourth-order valence-electron chi connectivity index (χ4n) is 5.41. The van der Waals surface area contributed by atoms with Crippen LogP contribution in [0.2, 0.25) is 0 Å². The van der Waals surface area contributed by atoms with Gasteiger partial charge in [-0.2, -0.15) is 0 Å². The van der Waals surface area contributed by atoms with Gasteiger partial charge in [0.05, 0.1) is 0 Å². The molecular formula is C29H32F2N2. The van der Waals surface area contributed by atoms with Crippen molar-refractivity contribution in [3.8, 4) is 22.3 Å². The topological polar surface area (TPSA) is 24.1 Å². The largest absolute Gasteiger partial charge is 0.382 e. The summed E-state index contributed by atoms with van der Waals surface area (Å²) in [6.45, 7) is 1.66. The summed E-state index contributed by atoms with van der Waals surface area (Å²) >= 11 is 0. The Morgan fingerprint density at radius 2 is 1.12 bits per heavy atom. The summed E-state index contributed by atoms with van der Waals surface area (Å²) in [5, 5.41) is 7.09. The monoisotopic (exact) mass is 446 g/mol. The van der Waals surface area contributed by atoms with E-state index in [0.717, 1.165) is 11.4 Å². The molecule has 4 heteroatoms. The second-order valence-corrected chi connectivity index (χ2v) is 9.63. The smallest absolute Gasteiger partial charge is 0.134 e. The minimum Gasteiger partial charge on any atom is -0.382 e. The second-order valence-electron chi connectivity index (χ2n) is 9.63. The van der Waals surface area contributed by atoms with E-state index in [4.69, 9.17) is 0 Å². The summed E-state index contributed by atoms with van der Waals surface area (Å²) in [6, 6.07) is 17.7. The van der Waals surface area contributed by atoms with Crippen LogP contribution in [0.5, 0.6) is 0 Å². The Balaban J connectivity index is 1.37. The zero-order chi connectivity index (χ0) is 22.8. The fraction of sp³-hybridized carbons (Fsp3) is 0.379. The van der Waals surface area contributed by atoms with Gasteiger partial charge < -0.3 is 10.6 Å². The Morgan fingerprint density at radius 3 is 1.61 bits per heavy atom. The number of benzene rings is 3. The maximum atomic E-state index is 15.4. The average Bonchev–Trinajstić information content (AvgIpc) is 3.53. The molecule has 0 radical (unpaired) electrons. The highest BCUT2D eigenvalue weighted by atomic mass is 19.1. The molecule has 0 spiro atoms. The lowest BCUT2D eigenvalue weighted by Crippen LogP contribution is -2.14. The molecule has 0 bridgehead atoms. The van der Waals surface area contributed by atoms with Crippen molar-refractivity contribution in [1.82, 2.24) is 0 Å². The van der Waals surface area contributed by atoms with Crippen LogP contribution >= 0.6 is 0 Å². The lowest BCUT2D eigenvalue weighted by atomic mass is 9.94. The van der Waals surface area contributed by atoms with Crippen LogP contribution in [0.4, 0.5) is 20.2 Å². The maximum absolute atomic E-state index is 15.4. The van der Waals surface area contributed by atoms with Gasteiger partial charge in [-0.25, -0.2) is 8.78 Å². The first-order valence-corrected chi connectivity index (χ1v) is 12.3. The Morgan fingerprint density at radius 1 is 0.667 bits per heavy atom. The summed E-state index contributed by atoms with van der Waals surface area (Å²) in [5.74, 6) is -0.760. The minimum absolute atomic E-state index is 0.306. The van der Waals surface area contributed by atoms with Gasteiger partial charge in [0.2, 0.25) is 0 Å². The predicted octanol–water partition coefficient (Wildman–Crippen LogP) is 8.32. The summed E-state index contributed by atoms with van der Waals surface area (Å²) in [4.78, 5) is 0. The number of rotatable bonds is 6. The number of hydrogen-bond acceptors (Lipinski definition) is 2. The van der Waals surface area contributed by atoms with Gasteiger partial charge in [0, 0.05) is 34.6 Å². The Bertz CT molecular complexity index is 1090. The van der Waals surface area contributed by atoms with Gasteiger partial charge in [-0.3, -0.25) is 0 Å². The Kier molecular flexibility index (Phi) is 6.34. The Hall–Kier alpha value is -2.88. The zero-order valence-corrected chi connectivity index (χ0v) is 19.3. The van der Waals surface area contributed by atoms with E-state index >= 15 is 8.78 Å². The van der Waals surface area contributed by atoms with Gasteiger partial charge in [-0.05, 0) is 79.6 Å². The lowest BCUT2D eigenvalue weighted by Gasteiger charge is -2.16. The standard InChI is InChI=1S/C29H32F2N2/c1-19-28(21-12-16-25(17-13-21)33-23-8-4-5-9-23)27(30)18-26(29(19)31)20-10-14-24(15-11-20)32-22-6-2-3-7-22/h10-18,22-23,32-33H,2-9H2,1H3. The first-order chi connectivity index (χ1) is 16.1. The van der Waals surface area contributed by atoms with Crippen molar-refractivity contribution in [2.24, 2.45) is 0 Å². The highest BCUT2D eigenvalue weighted by molar-refractivity contribution is 5.76. The van der Waals surface area contributed by atoms with Crippen LogP contribution in [0, 0.1) is 18.6 Å². The van der Waals surface area contributed by atoms with Crippen molar-refractivity contribution in [3.05, 3.63) is 71.8 Å². The van der Waals surface area contributed by atoms with E-state index in [1.54, 1.807) is 6.92 Å².